The predicted octanol–water partition coefficient (Wildman–Crippen LogP) is 1.36. The zero-order valence-electron chi connectivity index (χ0n) is 7.70. The molecule has 0 radical (unpaired) electrons. The number of aliphatic hydroxyl groups is 1. The molecule has 0 fully saturated rings. The van der Waals surface area contributed by atoms with E-state index in [0.717, 1.165) is 0 Å². The average Bonchev–Trinajstić information content (AvgIpc) is 2.21. The second-order valence-electron chi connectivity index (χ2n) is 2.49. The summed E-state index contributed by atoms with van der Waals surface area (Å²) in [6.07, 6.45) is 0. The van der Waals surface area contributed by atoms with Crippen LogP contribution in [0.2, 0.25) is 0 Å². The van der Waals surface area contributed by atoms with Gasteiger partial charge >= 0.3 is 0 Å². The Morgan fingerprint density at radius 2 is 1.75 bits per heavy atom. The summed E-state index contributed by atoms with van der Waals surface area (Å²) in [5, 5.41) is 8.79. The summed E-state index contributed by atoms with van der Waals surface area (Å²) in [6.45, 7) is 2.24. The molecule has 1 atom stereocenters. The number of hydrogen-bond donors (Lipinski definition) is 2. The lowest BCUT2D eigenvalue weighted by Gasteiger charge is -2.05. The third-order valence-corrected chi connectivity index (χ3v) is 1.64. The summed E-state index contributed by atoms with van der Waals surface area (Å²) in [4.78, 5) is 0. The highest BCUT2D eigenvalue weighted by Gasteiger charge is 2.00. The first-order valence-electron chi connectivity index (χ1n) is 4.08. The highest BCUT2D eigenvalue weighted by atomic mass is 16.3. The van der Waals surface area contributed by atoms with Crippen LogP contribution in [0.1, 0.15) is 18.4 Å². The van der Waals surface area contributed by atoms with E-state index in [1.165, 1.54) is 12.6 Å². The number of hydrogen-bond acceptors (Lipinski definition) is 2. The first kappa shape index (κ1) is 11.1. The van der Waals surface area contributed by atoms with E-state index in [1.807, 2.05) is 37.3 Å². The molecule has 0 heterocycles. The lowest BCUT2D eigenvalue weighted by molar-refractivity contribution is 0.273. The molecule has 0 saturated heterocycles. The summed E-state index contributed by atoms with van der Waals surface area (Å²) >= 11 is 0. The summed E-state index contributed by atoms with van der Waals surface area (Å²) < 4.78 is 0. The van der Waals surface area contributed by atoms with Crippen LogP contribution in [0.15, 0.2) is 30.3 Å². The fourth-order valence-corrected chi connectivity index (χ4v) is 0.887. The van der Waals surface area contributed by atoms with Gasteiger partial charge in [-0.05, 0) is 12.6 Å². The van der Waals surface area contributed by atoms with E-state index in [1.54, 1.807) is 0 Å². The van der Waals surface area contributed by atoms with Gasteiger partial charge in [0.05, 0.1) is 0 Å². The SMILES string of the molecule is CC(CO)c1ccccc1.CN. The Balaban J connectivity index is 0.000000561. The molecule has 0 spiro atoms. The van der Waals surface area contributed by atoms with Crippen molar-refractivity contribution < 1.29 is 5.11 Å². The number of rotatable bonds is 2. The molecule has 1 unspecified atom stereocenters. The first-order valence-corrected chi connectivity index (χ1v) is 4.08. The fraction of sp³-hybridized carbons (Fsp3) is 0.400. The number of nitrogens with two attached hydrogens (primary N) is 1. The molecule has 0 aliphatic carbocycles. The highest BCUT2D eigenvalue weighted by molar-refractivity contribution is 5.18. The zero-order valence-corrected chi connectivity index (χ0v) is 7.70. The lowest BCUT2D eigenvalue weighted by Crippen LogP contribution is -1.97. The monoisotopic (exact) mass is 167 g/mol. The van der Waals surface area contributed by atoms with Gasteiger partial charge in [-0.1, -0.05) is 37.3 Å². The molecule has 1 aromatic carbocycles. The van der Waals surface area contributed by atoms with Gasteiger partial charge in [0.2, 0.25) is 0 Å². The van der Waals surface area contributed by atoms with Crippen molar-refractivity contribution in [2.24, 2.45) is 5.73 Å². The van der Waals surface area contributed by atoms with Gasteiger partial charge in [0.15, 0.2) is 0 Å². The van der Waals surface area contributed by atoms with Crippen molar-refractivity contribution in [2.75, 3.05) is 13.7 Å². The second kappa shape index (κ2) is 6.83. The van der Waals surface area contributed by atoms with Gasteiger partial charge in [0.1, 0.15) is 0 Å². The van der Waals surface area contributed by atoms with Crippen LogP contribution in [-0.2, 0) is 0 Å². The average molecular weight is 167 g/mol. The van der Waals surface area contributed by atoms with Crippen LogP contribution < -0.4 is 5.73 Å². The Labute approximate surface area is 74.0 Å². The van der Waals surface area contributed by atoms with Gasteiger partial charge in [0, 0.05) is 12.5 Å². The predicted molar refractivity (Wildman–Crippen MR) is 52.1 cm³/mol. The summed E-state index contributed by atoms with van der Waals surface area (Å²) in [5.41, 5.74) is 5.70. The molecule has 12 heavy (non-hydrogen) atoms. The molecule has 1 rings (SSSR count). The Morgan fingerprint density at radius 3 is 2.17 bits per heavy atom. The molecule has 0 bridgehead atoms. The molecule has 2 nitrogen and oxygen atoms in total. The van der Waals surface area contributed by atoms with Crippen LogP contribution in [0.4, 0.5) is 0 Å². The molecule has 0 aliphatic rings. The Hall–Kier alpha value is -0.860. The van der Waals surface area contributed by atoms with Gasteiger partial charge in [0.25, 0.3) is 0 Å². The standard InChI is InChI=1S/C9H12O.CH5N/c1-8(7-10)9-5-3-2-4-6-9;1-2/h2-6,8,10H,7H2,1H3;2H2,1H3. The third kappa shape index (κ3) is 3.51. The molecule has 0 amide bonds. The zero-order chi connectivity index (χ0) is 9.40. The van der Waals surface area contributed by atoms with E-state index < -0.39 is 0 Å². The van der Waals surface area contributed by atoms with Crippen molar-refractivity contribution in [3.8, 4) is 0 Å². The second-order valence-corrected chi connectivity index (χ2v) is 2.49. The molecule has 3 N–H and O–H groups in total. The quantitative estimate of drug-likeness (QED) is 0.698. The minimum atomic E-state index is 0.226. The van der Waals surface area contributed by atoms with Crippen LogP contribution in [-0.4, -0.2) is 18.8 Å². The molecular weight excluding hydrogens is 150 g/mol. The minimum Gasteiger partial charge on any atom is -0.396 e. The van der Waals surface area contributed by atoms with E-state index in [0.29, 0.717) is 0 Å². The Kier molecular flexibility index (Phi) is 6.34. The van der Waals surface area contributed by atoms with Crippen LogP contribution in [0, 0.1) is 0 Å². The maximum atomic E-state index is 8.79. The van der Waals surface area contributed by atoms with Crippen molar-refractivity contribution in [3.63, 3.8) is 0 Å². The smallest absolute Gasteiger partial charge is 0.0497 e. The van der Waals surface area contributed by atoms with E-state index in [9.17, 15) is 0 Å². The maximum Gasteiger partial charge on any atom is 0.0497 e. The van der Waals surface area contributed by atoms with Gasteiger partial charge in [-0.3, -0.25) is 0 Å². The van der Waals surface area contributed by atoms with Crippen LogP contribution in [0.3, 0.4) is 0 Å². The first-order chi connectivity index (χ1) is 5.84. The van der Waals surface area contributed by atoms with Crippen LogP contribution >= 0.6 is 0 Å². The van der Waals surface area contributed by atoms with Crippen LogP contribution in [0.25, 0.3) is 0 Å². The fourth-order valence-electron chi connectivity index (χ4n) is 0.887. The number of aliphatic hydroxyl groups excluding tert-OH is 1. The number of benzene rings is 1. The molecule has 1 aromatic rings. The van der Waals surface area contributed by atoms with E-state index in [2.05, 4.69) is 5.73 Å². The summed E-state index contributed by atoms with van der Waals surface area (Å²) in [7, 11) is 1.50. The maximum absolute atomic E-state index is 8.79. The Morgan fingerprint density at radius 1 is 1.25 bits per heavy atom. The van der Waals surface area contributed by atoms with Gasteiger partial charge in [-0.2, -0.15) is 0 Å². The van der Waals surface area contributed by atoms with E-state index in [4.69, 9.17) is 5.11 Å². The minimum absolute atomic E-state index is 0.226. The van der Waals surface area contributed by atoms with E-state index in [-0.39, 0.29) is 12.5 Å². The third-order valence-electron chi connectivity index (χ3n) is 1.64. The highest BCUT2D eigenvalue weighted by Crippen LogP contribution is 2.12. The topological polar surface area (TPSA) is 46.2 Å². The van der Waals surface area contributed by atoms with Crippen molar-refractivity contribution in [1.82, 2.24) is 0 Å². The Bertz CT molecular complexity index is 186. The molecule has 68 valence electrons. The van der Waals surface area contributed by atoms with E-state index >= 15 is 0 Å². The van der Waals surface area contributed by atoms with Crippen molar-refractivity contribution >= 4 is 0 Å². The van der Waals surface area contributed by atoms with Gasteiger partial charge in [-0.15, -0.1) is 0 Å². The molecule has 0 aromatic heterocycles. The van der Waals surface area contributed by atoms with Crippen LogP contribution in [0.5, 0.6) is 0 Å². The lowest BCUT2D eigenvalue weighted by atomic mass is 10.0. The van der Waals surface area contributed by atoms with Gasteiger partial charge < -0.3 is 10.8 Å². The van der Waals surface area contributed by atoms with Gasteiger partial charge in [-0.25, -0.2) is 0 Å². The normalized spacial score (nSPS) is 11.3. The molecule has 0 saturated carbocycles. The molecular formula is C10H17NO. The summed E-state index contributed by atoms with van der Waals surface area (Å²) in [6, 6.07) is 10.0. The van der Waals surface area contributed by atoms with Crippen molar-refractivity contribution in [1.29, 1.82) is 0 Å². The van der Waals surface area contributed by atoms with Crippen molar-refractivity contribution in [2.45, 2.75) is 12.8 Å². The largest absolute Gasteiger partial charge is 0.396 e. The summed E-state index contributed by atoms with van der Waals surface area (Å²) in [5.74, 6) is 0.265. The molecule has 0 aliphatic heterocycles. The molecule has 2 heteroatoms. The van der Waals surface area contributed by atoms with Crippen molar-refractivity contribution in [3.05, 3.63) is 35.9 Å².